The van der Waals surface area contributed by atoms with Crippen LogP contribution in [0.15, 0.2) is 35.3 Å². The number of guanidine groups is 1. The van der Waals surface area contributed by atoms with Crippen molar-refractivity contribution in [3.8, 4) is 0 Å². The summed E-state index contributed by atoms with van der Waals surface area (Å²) in [5.74, 6) is 0.924. The Bertz CT molecular complexity index is 609. The smallest absolute Gasteiger partial charge is 0.193 e. The zero-order valence-electron chi connectivity index (χ0n) is 12.8. The van der Waals surface area contributed by atoms with E-state index >= 15 is 0 Å². The van der Waals surface area contributed by atoms with Crippen molar-refractivity contribution in [1.29, 1.82) is 0 Å². The van der Waals surface area contributed by atoms with Crippen molar-refractivity contribution in [2.24, 2.45) is 4.99 Å². The van der Waals surface area contributed by atoms with Crippen LogP contribution in [0.5, 0.6) is 0 Å². The van der Waals surface area contributed by atoms with E-state index in [0.29, 0.717) is 19.6 Å². The third kappa shape index (κ3) is 3.56. The molecule has 1 aromatic rings. The van der Waals surface area contributed by atoms with Crippen molar-refractivity contribution in [2.75, 3.05) is 25.9 Å². The molecule has 2 rings (SSSR count). The number of nitrogens with zero attached hydrogens (tertiary/aromatic N) is 2. The highest BCUT2D eigenvalue weighted by atomic mass is 32.2. The van der Waals surface area contributed by atoms with Gasteiger partial charge in [0.2, 0.25) is 0 Å². The maximum atomic E-state index is 12.1. The van der Waals surface area contributed by atoms with Crippen molar-refractivity contribution in [3.05, 3.63) is 35.9 Å². The molecule has 6 heteroatoms. The highest BCUT2D eigenvalue weighted by molar-refractivity contribution is 7.92. The van der Waals surface area contributed by atoms with Gasteiger partial charge in [-0.3, -0.25) is 4.99 Å². The number of sulfone groups is 1. The average molecular weight is 309 g/mol. The standard InChI is InChI=1S/C15H23N3O2S/c1-15(2)12-18(9-10-21(15,19)20)14(16-3)17-11-13-7-5-4-6-8-13/h4-8H,9-12H2,1-3H3,(H,16,17). The normalized spacial score (nSPS) is 21.1. The van der Waals surface area contributed by atoms with E-state index in [0.717, 1.165) is 5.96 Å². The van der Waals surface area contributed by atoms with Gasteiger partial charge in [0.1, 0.15) is 0 Å². The van der Waals surface area contributed by atoms with Gasteiger partial charge in [0.25, 0.3) is 0 Å². The van der Waals surface area contributed by atoms with Crippen LogP contribution in [-0.2, 0) is 16.4 Å². The molecule has 116 valence electrons. The van der Waals surface area contributed by atoms with Crippen molar-refractivity contribution < 1.29 is 8.42 Å². The minimum absolute atomic E-state index is 0.173. The first-order valence-electron chi connectivity index (χ1n) is 7.07. The van der Waals surface area contributed by atoms with Crippen LogP contribution in [0.3, 0.4) is 0 Å². The van der Waals surface area contributed by atoms with Crippen LogP contribution in [0.25, 0.3) is 0 Å². The molecule has 1 heterocycles. The Morgan fingerprint density at radius 3 is 2.57 bits per heavy atom. The van der Waals surface area contributed by atoms with Crippen LogP contribution in [-0.4, -0.2) is 49.9 Å². The Balaban J connectivity index is 2.03. The van der Waals surface area contributed by atoms with E-state index < -0.39 is 14.6 Å². The van der Waals surface area contributed by atoms with Gasteiger partial charge in [-0.05, 0) is 19.4 Å². The highest BCUT2D eigenvalue weighted by Gasteiger charge is 2.40. The Hall–Kier alpha value is -1.56. The fourth-order valence-electron chi connectivity index (χ4n) is 2.43. The molecule has 5 nitrogen and oxygen atoms in total. The first kappa shape index (κ1) is 15.8. The molecular weight excluding hydrogens is 286 g/mol. The molecule has 0 bridgehead atoms. The van der Waals surface area contributed by atoms with Gasteiger partial charge < -0.3 is 10.2 Å². The molecule has 0 aliphatic carbocycles. The Morgan fingerprint density at radius 2 is 2.00 bits per heavy atom. The van der Waals surface area contributed by atoms with Gasteiger partial charge in [-0.15, -0.1) is 0 Å². The summed E-state index contributed by atoms with van der Waals surface area (Å²) < 4.78 is 23.4. The molecule has 1 N–H and O–H groups in total. The second-order valence-corrected chi connectivity index (χ2v) is 8.63. The fraction of sp³-hybridized carbons (Fsp3) is 0.533. The molecule has 0 radical (unpaired) electrons. The minimum Gasteiger partial charge on any atom is -0.352 e. The van der Waals surface area contributed by atoms with E-state index in [-0.39, 0.29) is 5.75 Å². The number of nitrogens with one attached hydrogen (secondary N) is 1. The second-order valence-electron chi connectivity index (χ2n) is 5.89. The summed E-state index contributed by atoms with van der Waals surface area (Å²) in [6.07, 6.45) is 0. The molecule has 21 heavy (non-hydrogen) atoms. The summed E-state index contributed by atoms with van der Waals surface area (Å²) in [6, 6.07) is 10.1. The SMILES string of the molecule is CN=C(NCc1ccccc1)N1CCS(=O)(=O)C(C)(C)C1. The third-order valence-electron chi connectivity index (χ3n) is 3.85. The molecule has 0 spiro atoms. The van der Waals surface area contributed by atoms with Gasteiger partial charge >= 0.3 is 0 Å². The van der Waals surface area contributed by atoms with Crippen LogP contribution in [0.1, 0.15) is 19.4 Å². The number of rotatable bonds is 2. The molecule has 1 aromatic carbocycles. The van der Waals surface area contributed by atoms with Crippen molar-refractivity contribution in [2.45, 2.75) is 25.1 Å². The summed E-state index contributed by atoms with van der Waals surface area (Å²) in [7, 11) is -1.30. The van der Waals surface area contributed by atoms with Crippen LogP contribution in [0.2, 0.25) is 0 Å². The molecular formula is C15H23N3O2S. The summed E-state index contributed by atoms with van der Waals surface area (Å²) in [4.78, 5) is 6.29. The van der Waals surface area contributed by atoms with Gasteiger partial charge in [-0.1, -0.05) is 30.3 Å². The Morgan fingerprint density at radius 1 is 1.33 bits per heavy atom. The topological polar surface area (TPSA) is 61.8 Å². The number of aliphatic imine (C=N–C) groups is 1. The average Bonchev–Trinajstić information content (AvgIpc) is 2.44. The molecule has 0 saturated carbocycles. The third-order valence-corrected chi connectivity index (χ3v) is 6.38. The Labute approximate surface area is 127 Å². The van der Waals surface area contributed by atoms with Crippen LogP contribution >= 0.6 is 0 Å². The van der Waals surface area contributed by atoms with Crippen molar-refractivity contribution in [1.82, 2.24) is 10.2 Å². The minimum atomic E-state index is -3.03. The van der Waals surface area contributed by atoms with Gasteiger partial charge in [0.15, 0.2) is 15.8 Å². The van der Waals surface area contributed by atoms with Crippen LogP contribution < -0.4 is 5.32 Å². The van der Waals surface area contributed by atoms with Gasteiger partial charge in [0, 0.05) is 26.7 Å². The Kier molecular flexibility index (Phi) is 4.56. The lowest BCUT2D eigenvalue weighted by atomic mass is 10.2. The van der Waals surface area contributed by atoms with E-state index in [2.05, 4.69) is 10.3 Å². The quantitative estimate of drug-likeness (QED) is 0.660. The summed E-state index contributed by atoms with van der Waals surface area (Å²) in [5.41, 5.74) is 1.17. The lowest BCUT2D eigenvalue weighted by molar-refractivity contribution is 0.353. The van der Waals surface area contributed by atoms with Crippen molar-refractivity contribution in [3.63, 3.8) is 0 Å². The van der Waals surface area contributed by atoms with E-state index in [1.807, 2.05) is 35.2 Å². The molecule has 1 aliphatic heterocycles. The molecule has 1 saturated heterocycles. The molecule has 0 aromatic heterocycles. The molecule has 0 amide bonds. The van der Waals surface area contributed by atoms with Gasteiger partial charge in [0.05, 0.1) is 10.5 Å². The summed E-state index contributed by atoms with van der Waals surface area (Å²) >= 11 is 0. The molecule has 0 unspecified atom stereocenters. The largest absolute Gasteiger partial charge is 0.352 e. The number of hydrogen-bond acceptors (Lipinski definition) is 3. The second kappa shape index (κ2) is 6.05. The first-order valence-corrected chi connectivity index (χ1v) is 8.73. The molecule has 1 aliphatic rings. The predicted octanol–water partition coefficient (Wildman–Crippen LogP) is 1.27. The number of benzene rings is 1. The van der Waals surface area contributed by atoms with E-state index in [1.165, 1.54) is 5.56 Å². The maximum absolute atomic E-state index is 12.1. The van der Waals surface area contributed by atoms with E-state index in [4.69, 9.17) is 0 Å². The summed E-state index contributed by atoms with van der Waals surface area (Å²) in [6.45, 7) is 5.18. The van der Waals surface area contributed by atoms with E-state index in [1.54, 1.807) is 20.9 Å². The molecule has 1 fully saturated rings. The number of hydrogen-bond donors (Lipinski definition) is 1. The predicted molar refractivity (Wildman–Crippen MR) is 86.1 cm³/mol. The maximum Gasteiger partial charge on any atom is 0.193 e. The van der Waals surface area contributed by atoms with E-state index in [9.17, 15) is 8.42 Å². The fourth-order valence-corrected chi connectivity index (χ4v) is 3.80. The lowest BCUT2D eigenvalue weighted by Gasteiger charge is -2.39. The zero-order valence-corrected chi connectivity index (χ0v) is 13.7. The lowest BCUT2D eigenvalue weighted by Crippen LogP contribution is -2.57. The monoisotopic (exact) mass is 309 g/mol. The summed E-state index contributed by atoms with van der Waals surface area (Å²) in [5, 5.41) is 3.30. The van der Waals surface area contributed by atoms with Crippen LogP contribution in [0, 0.1) is 0 Å². The molecule has 0 atom stereocenters. The van der Waals surface area contributed by atoms with Gasteiger partial charge in [-0.25, -0.2) is 8.42 Å². The van der Waals surface area contributed by atoms with Crippen LogP contribution in [0.4, 0.5) is 0 Å². The highest BCUT2D eigenvalue weighted by Crippen LogP contribution is 2.23. The first-order chi connectivity index (χ1) is 9.86. The zero-order chi connectivity index (χ0) is 15.5. The van der Waals surface area contributed by atoms with Gasteiger partial charge in [-0.2, -0.15) is 0 Å². The van der Waals surface area contributed by atoms with Crippen molar-refractivity contribution >= 4 is 15.8 Å².